The third-order valence-corrected chi connectivity index (χ3v) is 7.84. The van der Waals surface area contributed by atoms with Crippen molar-refractivity contribution in [2.75, 3.05) is 13.7 Å². The average molecular weight is 511 g/mol. The molecule has 1 aliphatic heterocycles. The first-order valence-electron chi connectivity index (χ1n) is 9.92. The van der Waals surface area contributed by atoms with Gasteiger partial charge in [-0.2, -0.15) is 0 Å². The van der Waals surface area contributed by atoms with Gasteiger partial charge in [0.2, 0.25) is 10.0 Å². The highest BCUT2D eigenvalue weighted by atomic mass is 35.5. The third kappa shape index (κ3) is 5.90. The molecule has 170 valence electrons. The number of hydrogen-bond donors (Lipinski definition) is 1. The summed E-state index contributed by atoms with van der Waals surface area (Å²) in [4.78, 5) is 15.1. The van der Waals surface area contributed by atoms with Crippen LogP contribution in [0, 0.1) is 0 Å². The zero-order valence-electron chi connectivity index (χ0n) is 17.6. The highest BCUT2D eigenvalue weighted by Gasteiger charge is 2.32. The Balaban J connectivity index is 1.75. The molecule has 0 saturated carbocycles. The lowest BCUT2D eigenvalue weighted by Gasteiger charge is -2.17. The van der Waals surface area contributed by atoms with Crippen LogP contribution in [0.15, 0.2) is 52.3 Å². The number of sulfonamides is 1. The maximum Gasteiger partial charge on any atom is 0.266 e. The van der Waals surface area contributed by atoms with Gasteiger partial charge < -0.3 is 4.74 Å². The van der Waals surface area contributed by atoms with E-state index in [1.807, 2.05) is 6.92 Å². The third-order valence-electron chi connectivity index (χ3n) is 4.76. The second-order valence-corrected chi connectivity index (χ2v) is 10.9. The standard InChI is InChI=1S/C22H23ClN2O4S3/c1-3-4-11-24-32(27,28)18-8-5-15(6-9-18)12-20-21(26)25(22(30)31-20)14-16-13-17(23)7-10-19(16)29-2/h5-10,12-13,24H,3-4,11,14H2,1-2H3/b20-12-. The molecule has 1 saturated heterocycles. The van der Waals surface area contributed by atoms with Gasteiger partial charge in [0.25, 0.3) is 5.91 Å². The molecule has 1 heterocycles. The quantitative estimate of drug-likeness (QED) is 0.296. The van der Waals surface area contributed by atoms with Crippen LogP contribution in [0.4, 0.5) is 0 Å². The van der Waals surface area contributed by atoms with Gasteiger partial charge in [-0.1, -0.05) is 61.1 Å². The van der Waals surface area contributed by atoms with Crippen LogP contribution in [-0.2, 0) is 21.4 Å². The number of thiocarbonyl (C=S) groups is 1. The van der Waals surface area contributed by atoms with Crippen LogP contribution in [0.3, 0.4) is 0 Å². The Kier molecular flexibility index (Phi) is 8.35. The molecule has 3 rings (SSSR count). The lowest BCUT2D eigenvalue weighted by atomic mass is 10.2. The molecule has 0 aliphatic carbocycles. The molecule has 1 aliphatic rings. The highest BCUT2D eigenvalue weighted by molar-refractivity contribution is 8.26. The fraction of sp³-hybridized carbons (Fsp3) is 0.273. The first kappa shape index (κ1) is 24.7. The van der Waals surface area contributed by atoms with E-state index in [4.69, 9.17) is 28.6 Å². The van der Waals surface area contributed by atoms with Gasteiger partial charge in [-0.15, -0.1) is 0 Å². The van der Waals surface area contributed by atoms with Crippen LogP contribution in [-0.4, -0.2) is 37.2 Å². The van der Waals surface area contributed by atoms with Crippen molar-refractivity contribution >= 4 is 61.9 Å². The summed E-state index contributed by atoms with van der Waals surface area (Å²) >= 11 is 12.7. The van der Waals surface area contributed by atoms with Gasteiger partial charge in [-0.05, 0) is 48.4 Å². The van der Waals surface area contributed by atoms with Crippen molar-refractivity contribution in [3.8, 4) is 5.75 Å². The van der Waals surface area contributed by atoms with Crippen molar-refractivity contribution in [2.45, 2.75) is 31.2 Å². The van der Waals surface area contributed by atoms with Crippen molar-refractivity contribution in [1.29, 1.82) is 0 Å². The molecule has 2 aromatic carbocycles. The summed E-state index contributed by atoms with van der Waals surface area (Å²) in [5, 5.41) is 0.543. The minimum Gasteiger partial charge on any atom is -0.496 e. The summed E-state index contributed by atoms with van der Waals surface area (Å²) in [7, 11) is -1.99. The molecule has 32 heavy (non-hydrogen) atoms. The predicted octanol–water partition coefficient (Wildman–Crippen LogP) is 4.83. The van der Waals surface area contributed by atoms with Gasteiger partial charge in [0.1, 0.15) is 10.1 Å². The van der Waals surface area contributed by atoms with Crippen LogP contribution in [0.2, 0.25) is 5.02 Å². The Hall–Kier alpha value is -1.91. The molecule has 1 amide bonds. The van der Waals surface area contributed by atoms with Crippen LogP contribution >= 0.6 is 35.6 Å². The Labute approximate surface area is 203 Å². The Bertz CT molecular complexity index is 1150. The number of benzene rings is 2. The minimum absolute atomic E-state index is 0.186. The van der Waals surface area contributed by atoms with E-state index in [1.54, 1.807) is 43.5 Å². The fourth-order valence-electron chi connectivity index (χ4n) is 3.04. The number of amides is 1. The largest absolute Gasteiger partial charge is 0.496 e. The normalized spacial score (nSPS) is 15.6. The van der Waals surface area contributed by atoms with Crippen LogP contribution in [0.5, 0.6) is 5.75 Å². The smallest absolute Gasteiger partial charge is 0.266 e. The van der Waals surface area contributed by atoms with Gasteiger partial charge in [-0.25, -0.2) is 13.1 Å². The first-order valence-corrected chi connectivity index (χ1v) is 13.0. The average Bonchev–Trinajstić information content (AvgIpc) is 3.02. The number of carbonyl (C=O) groups is 1. The molecule has 0 bridgehead atoms. The minimum atomic E-state index is -3.54. The van der Waals surface area contributed by atoms with E-state index in [0.29, 0.717) is 32.1 Å². The molecule has 0 radical (unpaired) electrons. The molecule has 1 N–H and O–H groups in total. The lowest BCUT2D eigenvalue weighted by molar-refractivity contribution is -0.122. The SMILES string of the molecule is CCCCNS(=O)(=O)c1ccc(/C=C2\SC(=S)N(Cc3cc(Cl)ccc3OC)C2=O)cc1. The second kappa shape index (κ2) is 10.8. The molecule has 10 heteroatoms. The number of nitrogens with one attached hydrogen (secondary N) is 1. The summed E-state index contributed by atoms with van der Waals surface area (Å²) in [5.74, 6) is 0.400. The van der Waals surface area contributed by atoms with E-state index in [-0.39, 0.29) is 17.3 Å². The van der Waals surface area contributed by atoms with Crippen LogP contribution in [0.25, 0.3) is 6.08 Å². The van der Waals surface area contributed by atoms with Gasteiger partial charge >= 0.3 is 0 Å². The summed E-state index contributed by atoms with van der Waals surface area (Å²) in [6.07, 6.45) is 3.39. The number of hydrogen-bond acceptors (Lipinski definition) is 6. The van der Waals surface area contributed by atoms with E-state index in [1.165, 1.54) is 28.8 Å². The number of unbranched alkanes of at least 4 members (excludes halogenated alkanes) is 1. The maximum absolute atomic E-state index is 13.0. The van der Waals surface area contributed by atoms with Crippen molar-refractivity contribution < 1.29 is 17.9 Å². The van der Waals surface area contributed by atoms with E-state index in [2.05, 4.69) is 4.72 Å². The summed E-state index contributed by atoms with van der Waals surface area (Å²) in [6.45, 7) is 2.64. The van der Waals surface area contributed by atoms with E-state index >= 15 is 0 Å². The number of ether oxygens (including phenoxy) is 1. The molecule has 1 fully saturated rings. The van der Waals surface area contributed by atoms with Crippen LogP contribution < -0.4 is 9.46 Å². The highest BCUT2D eigenvalue weighted by Crippen LogP contribution is 2.35. The maximum atomic E-state index is 13.0. The van der Waals surface area contributed by atoms with Crippen molar-refractivity contribution in [3.05, 3.63) is 63.5 Å². The predicted molar refractivity (Wildman–Crippen MR) is 133 cm³/mol. The number of carbonyl (C=O) groups excluding carboxylic acids is 1. The van der Waals surface area contributed by atoms with Gasteiger partial charge in [0.15, 0.2) is 0 Å². The summed E-state index contributed by atoms with van der Waals surface area (Å²) in [5.41, 5.74) is 1.46. The topological polar surface area (TPSA) is 75.7 Å². The van der Waals surface area contributed by atoms with Crippen LogP contribution in [0.1, 0.15) is 30.9 Å². The fourth-order valence-corrected chi connectivity index (χ4v) is 5.56. The Morgan fingerprint density at radius 1 is 1.22 bits per heavy atom. The summed E-state index contributed by atoms with van der Waals surface area (Å²) < 4.78 is 33.0. The Morgan fingerprint density at radius 3 is 2.59 bits per heavy atom. The number of thioether (sulfide) groups is 1. The first-order chi connectivity index (χ1) is 15.2. The number of halogens is 1. The lowest BCUT2D eigenvalue weighted by Crippen LogP contribution is -2.27. The zero-order chi connectivity index (χ0) is 23.3. The monoisotopic (exact) mass is 510 g/mol. The van der Waals surface area contributed by atoms with Crippen molar-refractivity contribution in [1.82, 2.24) is 9.62 Å². The molecular formula is C22H23ClN2O4S3. The van der Waals surface area contributed by atoms with E-state index in [0.717, 1.165) is 18.4 Å². The Morgan fingerprint density at radius 2 is 1.94 bits per heavy atom. The van der Waals surface area contributed by atoms with Gasteiger partial charge in [0.05, 0.1) is 23.5 Å². The second-order valence-electron chi connectivity index (χ2n) is 7.04. The zero-order valence-corrected chi connectivity index (χ0v) is 20.8. The van der Waals surface area contributed by atoms with E-state index in [9.17, 15) is 13.2 Å². The molecular weight excluding hydrogens is 488 g/mol. The summed E-state index contributed by atoms with van der Waals surface area (Å²) in [6, 6.07) is 11.6. The van der Waals surface area contributed by atoms with Crippen molar-refractivity contribution in [3.63, 3.8) is 0 Å². The molecule has 6 nitrogen and oxygen atoms in total. The number of nitrogens with zero attached hydrogens (tertiary/aromatic N) is 1. The molecule has 0 atom stereocenters. The van der Waals surface area contributed by atoms with Crippen molar-refractivity contribution in [2.24, 2.45) is 0 Å². The number of methoxy groups -OCH3 is 1. The molecule has 0 aromatic heterocycles. The molecule has 2 aromatic rings. The van der Waals surface area contributed by atoms with Gasteiger partial charge in [0, 0.05) is 17.1 Å². The van der Waals surface area contributed by atoms with Gasteiger partial charge in [-0.3, -0.25) is 9.69 Å². The van der Waals surface area contributed by atoms with E-state index < -0.39 is 10.0 Å². The number of rotatable bonds is 9. The molecule has 0 unspecified atom stereocenters. The molecule has 0 spiro atoms.